The molecule has 0 spiro atoms. The first-order valence-corrected chi connectivity index (χ1v) is 21.1. The molecule has 1 fully saturated rings. The molecule has 1 aliphatic carbocycles. The fourth-order valence-electron chi connectivity index (χ4n) is 6.93. The van der Waals surface area contributed by atoms with E-state index >= 15 is 4.39 Å². The van der Waals surface area contributed by atoms with Crippen LogP contribution in [-0.2, 0) is 58.8 Å². The number of unbranched alkanes of at least 4 members (excludes halogenated alkanes) is 2. The van der Waals surface area contributed by atoms with Gasteiger partial charge in [-0.05, 0) is 113 Å². The number of carbonyl (C=O) groups excluding carboxylic acids is 5. The monoisotopic (exact) mass is 854 g/mol. The van der Waals surface area contributed by atoms with Crippen molar-refractivity contribution < 1.29 is 66.6 Å². The highest BCUT2D eigenvalue weighted by Crippen LogP contribution is 2.39. The van der Waals surface area contributed by atoms with E-state index in [1.807, 2.05) is 6.07 Å². The predicted molar refractivity (Wildman–Crippen MR) is 225 cm³/mol. The quantitative estimate of drug-likeness (QED) is 0.0256. The van der Waals surface area contributed by atoms with Crippen LogP contribution in [0, 0.1) is 17.2 Å². The minimum absolute atomic E-state index is 0.0166. The number of halogens is 1. The fourth-order valence-corrected chi connectivity index (χ4v) is 6.93. The zero-order valence-electron chi connectivity index (χ0n) is 36.4. The Hall–Kier alpha value is -5.08. The van der Waals surface area contributed by atoms with Gasteiger partial charge in [-0.15, -0.1) is 0 Å². The summed E-state index contributed by atoms with van der Waals surface area (Å²) in [5.41, 5.74) is 1.10. The second-order valence-corrected chi connectivity index (χ2v) is 15.7. The van der Waals surface area contributed by atoms with Gasteiger partial charge in [0.1, 0.15) is 43.4 Å². The summed E-state index contributed by atoms with van der Waals surface area (Å²) in [5.74, 6) is -4.27. The zero-order valence-corrected chi connectivity index (χ0v) is 36.4. The second-order valence-electron chi connectivity index (χ2n) is 15.7. The number of carbonyl (C=O) groups is 5. The highest BCUT2D eigenvalue weighted by atomic mass is 19.1. The van der Waals surface area contributed by atoms with Crippen LogP contribution in [0.5, 0.6) is 5.75 Å². The number of rotatable bonds is 25. The van der Waals surface area contributed by atoms with E-state index in [0.29, 0.717) is 35.4 Å². The average molecular weight is 855 g/mol. The molecule has 0 amide bonds. The van der Waals surface area contributed by atoms with E-state index in [1.54, 1.807) is 37.3 Å². The molecule has 1 N–H and O–H groups in total. The number of benzene rings is 2. The summed E-state index contributed by atoms with van der Waals surface area (Å²) >= 11 is 0. The molecule has 1 saturated carbocycles. The van der Waals surface area contributed by atoms with Crippen LogP contribution >= 0.6 is 0 Å². The standard InChI is InChI=1S/C47H63FO13/c1-8-11-12-14-33-16-18-34(19-17-33)35-20-22-38(39(48)26-35)36-21-23-40(37(25-36)15-13-24-57-41(49)31(4)5)58-27-47(28-59-42(50)32(6)7,29-60-45(53)43(51)55-9-2)30-61-46(54)44(52)56-10-3/h20-23,25-26,33-34,43,51H,4,6,8-19,24,27-30H2,1-3,5,7H3. The molecule has 14 heteroatoms. The first-order valence-electron chi connectivity index (χ1n) is 21.1. The average Bonchev–Trinajstić information content (AvgIpc) is 3.24. The van der Waals surface area contributed by atoms with Crippen LogP contribution < -0.4 is 4.74 Å². The maximum Gasteiger partial charge on any atom is 0.417 e. The molecule has 0 radical (unpaired) electrons. The van der Waals surface area contributed by atoms with Crippen LogP contribution in [-0.4, -0.2) is 87.5 Å². The van der Waals surface area contributed by atoms with Gasteiger partial charge in [-0.1, -0.05) is 64.0 Å². The molecule has 0 aromatic heterocycles. The highest BCUT2D eigenvalue weighted by molar-refractivity contribution is 6.29. The molecule has 13 nitrogen and oxygen atoms in total. The Morgan fingerprint density at radius 1 is 0.754 bits per heavy atom. The van der Waals surface area contributed by atoms with Crippen LogP contribution in [0.15, 0.2) is 60.7 Å². The smallest absolute Gasteiger partial charge is 0.417 e. The Kier molecular flexibility index (Phi) is 21.1. The molecular formula is C47H63FO13. The number of ether oxygens (including phenoxy) is 7. The van der Waals surface area contributed by atoms with Crippen LogP contribution in [0.3, 0.4) is 0 Å². The summed E-state index contributed by atoms with van der Waals surface area (Å²) < 4.78 is 53.4. The van der Waals surface area contributed by atoms with E-state index in [1.165, 1.54) is 46.5 Å². The van der Waals surface area contributed by atoms with Crippen molar-refractivity contribution in [1.82, 2.24) is 0 Å². The van der Waals surface area contributed by atoms with E-state index in [9.17, 15) is 29.1 Å². The summed E-state index contributed by atoms with van der Waals surface area (Å²) in [4.78, 5) is 62.1. The summed E-state index contributed by atoms with van der Waals surface area (Å²) in [5, 5.41) is 10.1. The predicted octanol–water partition coefficient (Wildman–Crippen LogP) is 7.89. The van der Waals surface area contributed by atoms with E-state index in [0.717, 1.165) is 37.2 Å². The summed E-state index contributed by atoms with van der Waals surface area (Å²) in [6.45, 7) is 13.0. The van der Waals surface area contributed by atoms with Gasteiger partial charge in [0.25, 0.3) is 6.29 Å². The Bertz CT molecular complexity index is 1820. The second kappa shape index (κ2) is 25.6. The topological polar surface area (TPSA) is 170 Å². The van der Waals surface area contributed by atoms with Crippen molar-refractivity contribution in [2.75, 3.05) is 46.2 Å². The molecule has 1 aliphatic rings. The molecule has 2 aromatic rings. The summed E-state index contributed by atoms with van der Waals surface area (Å²) in [6.07, 6.45) is 8.01. The van der Waals surface area contributed by atoms with Gasteiger partial charge in [-0.3, -0.25) is 0 Å². The van der Waals surface area contributed by atoms with Gasteiger partial charge >= 0.3 is 29.8 Å². The van der Waals surface area contributed by atoms with E-state index in [2.05, 4.69) is 20.1 Å². The molecule has 3 rings (SSSR count). The summed E-state index contributed by atoms with van der Waals surface area (Å²) in [7, 11) is 0. The fraction of sp³-hybridized carbons (Fsp3) is 0.553. The first-order chi connectivity index (χ1) is 29.1. The largest absolute Gasteiger partial charge is 0.492 e. The van der Waals surface area contributed by atoms with Gasteiger partial charge in [0.2, 0.25) is 0 Å². The molecule has 2 aromatic carbocycles. The van der Waals surface area contributed by atoms with Crippen molar-refractivity contribution in [3.63, 3.8) is 0 Å². The molecule has 61 heavy (non-hydrogen) atoms. The maximum absolute atomic E-state index is 16.0. The molecule has 0 bridgehead atoms. The van der Waals surface area contributed by atoms with Crippen LogP contribution in [0.25, 0.3) is 11.1 Å². The normalized spacial score (nSPS) is 16.3. The van der Waals surface area contributed by atoms with Gasteiger partial charge in [0, 0.05) is 23.3 Å². The number of aryl methyl sites for hydroxylation is 1. The van der Waals surface area contributed by atoms with Crippen molar-refractivity contribution in [1.29, 1.82) is 0 Å². The lowest BCUT2D eigenvalue weighted by molar-refractivity contribution is -0.190. The number of esters is 5. The van der Waals surface area contributed by atoms with Crippen molar-refractivity contribution in [2.24, 2.45) is 11.3 Å². The molecule has 0 heterocycles. The van der Waals surface area contributed by atoms with E-state index in [4.69, 9.17) is 33.2 Å². The SMILES string of the molecule is C=C(C)C(=O)OCCCc1cc(-c2ccc(C3CCC(CCCCC)CC3)cc2F)ccc1OCC(COC(=O)C(=C)C)(COC(=O)C(=O)OCC)COC(=O)C(O)OCC. The number of aliphatic hydroxyl groups is 1. The van der Waals surface area contributed by atoms with Gasteiger partial charge < -0.3 is 38.3 Å². The van der Waals surface area contributed by atoms with Gasteiger partial charge in [-0.25, -0.2) is 28.4 Å². The van der Waals surface area contributed by atoms with Crippen LogP contribution in [0.4, 0.5) is 4.39 Å². The van der Waals surface area contributed by atoms with E-state index in [-0.39, 0.29) is 42.5 Å². The number of hydrogen-bond donors (Lipinski definition) is 1. The van der Waals surface area contributed by atoms with Gasteiger partial charge in [0.15, 0.2) is 0 Å². The molecular weight excluding hydrogens is 792 g/mol. The molecule has 0 saturated heterocycles. The maximum atomic E-state index is 16.0. The number of aliphatic hydroxyl groups excluding tert-OH is 1. The highest BCUT2D eigenvalue weighted by Gasteiger charge is 2.39. The van der Waals surface area contributed by atoms with Crippen LogP contribution in [0.1, 0.15) is 109 Å². The van der Waals surface area contributed by atoms with E-state index < -0.39 is 68.0 Å². The lowest BCUT2D eigenvalue weighted by Gasteiger charge is -2.32. The Labute approximate surface area is 358 Å². The third-order valence-corrected chi connectivity index (χ3v) is 10.5. The third-order valence-electron chi connectivity index (χ3n) is 10.5. The van der Waals surface area contributed by atoms with Crippen molar-refractivity contribution in [2.45, 2.75) is 111 Å². The minimum Gasteiger partial charge on any atom is -0.492 e. The summed E-state index contributed by atoms with van der Waals surface area (Å²) in [6, 6.07) is 10.5. The van der Waals surface area contributed by atoms with Crippen molar-refractivity contribution >= 4 is 29.8 Å². The zero-order chi connectivity index (χ0) is 45.0. The Balaban J connectivity index is 1.97. The minimum atomic E-state index is -1.95. The van der Waals surface area contributed by atoms with Crippen molar-refractivity contribution in [3.05, 3.63) is 77.6 Å². The Morgan fingerprint density at radius 3 is 2.02 bits per heavy atom. The first kappa shape index (κ1) is 50.3. The lowest BCUT2D eigenvalue weighted by atomic mass is 9.77. The molecule has 2 atom stereocenters. The molecule has 2 unspecified atom stereocenters. The van der Waals surface area contributed by atoms with Crippen molar-refractivity contribution in [3.8, 4) is 16.9 Å². The number of hydrogen-bond acceptors (Lipinski definition) is 13. The third kappa shape index (κ3) is 16.4. The van der Waals surface area contributed by atoms with Gasteiger partial charge in [-0.2, -0.15) is 0 Å². The van der Waals surface area contributed by atoms with Crippen LogP contribution in [0.2, 0.25) is 0 Å². The Morgan fingerprint density at radius 2 is 1.39 bits per heavy atom. The molecule has 0 aliphatic heterocycles. The lowest BCUT2D eigenvalue weighted by Crippen LogP contribution is -2.45. The molecule has 336 valence electrons. The van der Waals surface area contributed by atoms with Gasteiger partial charge in [0.05, 0.1) is 13.2 Å².